The first-order chi connectivity index (χ1) is 12.0. The zero-order valence-corrected chi connectivity index (χ0v) is 16.4. The van der Waals surface area contributed by atoms with Gasteiger partial charge in [0.05, 0.1) is 5.56 Å². The van der Waals surface area contributed by atoms with Gasteiger partial charge in [-0.2, -0.15) is 0 Å². The molecule has 2 nitrogen and oxygen atoms in total. The Morgan fingerprint density at radius 3 is 1.88 bits per heavy atom. The molecule has 0 spiro atoms. The molecule has 0 fully saturated rings. The molecule has 136 valence electrons. The fourth-order valence-electron chi connectivity index (χ4n) is 4.02. The average Bonchev–Trinajstić information content (AvgIpc) is 2.58. The van der Waals surface area contributed by atoms with Crippen LogP contribution in [0.4, 0.5) is 0 Å². The lowest BCUT2D eigenvalue weighted by Crippen LogP contribution is -2.34. The first kappa shape index (κ1) is 18.4. The van der Waals surface area contributed by atoms with Gasteiger partial charge in [0.25, 0.3) is 0 Å². The molecule has 0 aromatic heterocycles. The largest absolute Gasteiger partial charge is 0.478 e. The summed E-state index contributed by atoms with van der Waals surface area (Å²) in [5.74, 6) is -0.906. The fourth-order valence-corrected chi connectivity index (χ4v) is 4.02. The quantitative estimate of drug-likeness (QED) is 0.677. The second-order valence-corrected chi connectivity index (χ2v) is 8.84. The van der Waals surface area contributed by atoms with Crippen molar-refractivity contribution in [2.45, 2.75) is 58.3 Å². The van der Waals surface area contributed by atoms with E-state index in [-0.39, 0.29) is 10.8 Å². The van der Waals surface area contributed by atoms with Crippen LogP contribution in [0.25, 0.3) is 5.57 Å². The van der Waals surface area contributed by atoms with Gasteiger partial charge in [0.1, 0.15) is 0 Å². The lowest BCUT2D eigenvalue weighted by molar-refractivity contribution is 0.0697. The third-order valence-corrected chi connectivity index (χ3v) is 6.00. The van der Waals surface area contributed by atoms with Crippen LogP contribution in [-0.2, 0) is 10.8 Å². The molecule has 1 aliphatic carbocycles. The van der Waals surface area contributed by atoms with Gasteiger partial charge < -0.3 is 5.11 Å². The summed E-state index contributed by atoms with van der Waals surface area (Å²) >= 11 is 0. The maximum atomic E-state index is 11.1. The Labute approximate surface area is 156 Å². The highest BCUT2D eigenvalue weighted by atomic mass is 16.4. The molecule has 26 heavy (non-hydrogen) atoms. The van der Waals surface area contributed by atoms with Crippen molar-refractivity contribution in [2.75, 3.05) is 0 Å². The van der Waals surface area contributed by atoms with Crippen LogP contribution in [0.15, 0.2) is 43.0 Å². The Balaban J connectivity index is 2.09. The highest BCUT2D eigenvalue weighted by molar-refractivity contribution is 5.89. The topological polar surface area (TPSA) is 37.3 Å². The minimum atomic E-state index is -0.906. The second-order valence-electron chi connectivity index (χ2n) is 8.84. The minimum Gasteiger partial charge on any atom is -0.478 e. The zero-order chi connectivity index (χ0) is 19.3. The van der Waals surface area contributed by atoms with Crippen molar-refractivity contribution in [3.8, 4) is 0 Å². The predicted molar refractivity (Wildman–Crippen MR) is 108 cm³/mol. The van der Waals surface area contributed by atoms with Gasteiger partial charge in [0.15, 0.2) is 0 Å². The molecule has 2 heteroatoms. The molecule has 2 aromatic rings. The highest BCUT2D eigenvalue weighted by Crippen LogP contribution is 2.47. The number of aromatic carboxylic acids is 1. The smallest absolute Gasteiger partial charge is 0.335 e. The van der Waals surface area contributed by atoms with E-state index in [1.165, 1.54) is 29.5 Å². The van der Waals surface area contributed by atoms with Crippen molar-refractivity contribution in [2.24, 2.45) is 0 Å². The summed E-state index contributed by atoms with van der Waals surface area (Å²) in [6.45, 7) is 15.8. The maximum absolute atomic E-state index is 11.1. The van der Waals surface area contributed by atoms with E-state index in [1.54, 1.807) is 12.1 Å². The van der Waals surface area contributed by atoms with Gasteiger partial charge in [-0.15, -0.1) is 0 Å². The number of hydrogen-bond acceptors (Lipinski definition) is 1. The number of rotatable bonds is 3. The number of fused-ring (bicyclic) bond motifs is 1. The molecular weight excluding hydrogens is 324 g/mol. The van der Waals surface area contributed by atoms with Gasteiger partial charge >= 0.3 is 5.97 Å². The SMILES string of the molecule is C=C(c1ccc(C(=O)O)cc1)c1cc2c(cc1C)C([13CH3])([13CH3])CCC2([13CH3])[13CH3]. The van der Waals surface area contributed by atoms with Gasteiger partial charge in [0, 0.05) is 0 Å². The summed E-state index contributed by atoms with van der Waals surface area (Å²) in [6.07, 6.45) is 2.37. The third kappa shape index (κ3) is 3.09. The molecule has 1 N–H and O–H groups in total. The number of carboxylic acid groups (broad SMARTS) is 1. The monoisotopic (exact) mass is 352 g/mol. The van der Waals surface area contributed by atoms with Crippen molar-refractivity contribution in [3.63, 3.8) is 0 Å². The minimum absolute atomic E-state index is 0.154. The van der Waals surface area contributed by atoms with E-state index in [9.17, 15) is 4.79 Å². The molecule has 0 heterocycles. The molecule has 1 aliphatic rings. The first-order valence-electron chi connectivity index (χ1n) is 9.21. The van der Waals surface area contributed by atoms with Crippen molar-refractivity contribution in [3.05, 3.63) is 76.4 Å². The van der Waals surface area contributed by atoms with Crippen molar-refractivity contribution in [1.82, 2.24) is 0 Å². The van der Waals surface area contributed by atoms with Gasteiger partial charge in [-0.1, -0.05) is 58.5 Å². The summed E-state index contributed by atoms with van der Waals surface area (Å²) in [7, 11) is 0. The third-order valence-electron chi connectivity index (χ3n) is 6.00. The van der Waals surface area contributed by atoms with Crippen LogP contribution in [0.1, 0.15) is 78.7 Å². The van der Waals surface area contributed by atoms with Gasteiger partial charge in [-0.05, 0) is 76.1 Å². The number of aryl methyl sites for hydroxylation is 1. The molecule has 2 aromatic carbocycles. The molecule has 0 atom stereocenters. The number of benzene rings is 2. The number of carboxylic acids is 1. The van der Waals surface area contributed by atoms with Crippen molar-refractivity contribution >= 4 is 11.5 Å². The molecule has 0 radical (unpaired) electrons. The van der Waals surface area contributed by atoms with E-state index in [2.05, 4.69) is 53.3 Å². The molecule has 0 aliphatic heterocycles. The Kier molecular flexibility index (Phi) is 4.34. The van der Waals surface area contributed by atoms with Gasteiger partial charge in [0.2, 0.25) is 0 Å². The number of carbonyl (C=O) groups is 1. The average molecular weight is 352 g/mol. The summed E-state index contributed by atoms with van der Waals surface area (Å²) < 4.78 is 0. The van der Waals surface area contributed by atoms with Crippen LogP contribution in [0, 0.1) is 6.92 Å². The Morgan fingerprint density at radius 2 is 1.38 bits per heavy atom. The van der Waals surface area contributed by atoms with Crippen LogP contribution in [0.3, 0.4) is 0 Å². The molecule has 3 rings (SSSR count). The Hall–Kier alpha value is -2.35. The molecule has 0 unspecified atom stereocenters. The molecule has 0 amide bonds. The second kappa shape index (κ2) is 6.12. The first-order valence-corrected chi connectivity index (χ1v) is 9.21. The maximum Gasteiger partial charge on any atom is 0.335 e. The highest BCUT2D eigenvalue weighted by Gasteiger charge is 2.37. The van der Waals surface area contributed by atoms with Crippen LogP contribution in [0.5, 0.6) is 0 Å². The van der Waals surface area contributed by atoms with E-state index < -0.39 is 5.97 Å². The fraction of sp³-hybridized carbons (Fsp3) is 0.375. The van der Waals surface area contributed by atoms with Crippen LogP contribution in [0.2, 0.25) is 0 Å². The molecule has 0 bridgehead atoms. The van der Waals surface area contributed by atoms with Crippen LogP contribution >= 0.6 is 0 Å². The lowest BCUT2D eigenvalue weighted by atomic mass is 9.71. The normalized spacial score (nSPS) is 17.4. The lowest BCUT2D eigenvalue weighted by Gasteiger charge is -2.42. The van der Waals surface area contributed by atoms with Gasteiger partial charge in [-0.3, -0.25) is 0 Å². The summed E-state index contributed by atoms with van der Waals surface area (Å²) in [4.78, 5) is 11.1. The van der Waals surface area contributed by atoms with Crippen LogP contribution in [-0.4, -0.2) is 11.1 Å². The molecule has 0 saturated heterocycles. The molecule has 0 saturated carbocycles. The Bertz CT molecular complexity index is 883. The van der Waals surface area contributed by atoms with E-state index in [0.29, 0.717) is 5.56 Å². The van der Waals surface area contributed by atoms with Crippen molar-refractivity contribution in [1.29, 1.82) is 0 Å². The summed E-state index contributed by atoms with van der Waals surface area (Å²) in [5, 5.41) is 9.09. The standard InChI is InChI=1S/C24H28O2/c1-15-13-20-21(24(5,6)12-11-23(20,3)4)14-19(15)16(2)17-7-9-18(10-8-17)22(25)26/h7-10,13-14H,2,11-12H2,1,3-6H3,(H,25,26)/i3+1,4+1,5+1,6+1. The van der Waals surface area contributed by atoms with Gasteiger partial charge in [-0.25, -0.2) is 4.79 Å². The molecular formula is C24H28O2. The summed E-state index contributed by atoms with van der Waals surface area (Å²) in [5.41, 5.74) is 7.79. The van der Waals surface area contributed by atoms with E-state index >= 15 is 0 Å². The zero-order valence-electron chi connectivity index (χ0n) is 16.4. The predicted octanol–water partition coefficient (Wildman–Crippen LogP) is 6.10. The van der Waals surface area contributed by atoms with Crippen LogP contribution < -0.4 is 0 Å². The van der Waals surface area contributed by atoms with E-state index in [1.807, 2.05) is 12.1 Å². The Morgan fingerprint density at radius 1 is 0.923 bits per heavy atom. The van der Waals surface area contributed by atoms with E-state index in [0.717, 1.165) is 16.7 Å². The number of hydrogen-bond donors (Lipinski definition) is 1. The summed E-state index contributed by atoms with van der Waals surface area (Å²) in [6, 6.07) is 11.6. The van der Waals surface area contributed by atoms with Crippen molar-refractivity contribution < 1.29 is 9.90 Å². The van der Waals surface area contributed by atoms with E-state index in [4.69, 9.17) is 5.11 Å².